The lowest BCUT2D eigenvalue weighted by molar-refractivity contribution is -0.129. The zero-order chi connectivity index (χ0) is 17.7. The number of hydrogen-bond donors (Lipinski definition) is 2. The summed E-state index contributed by atoms with van der Waals surface area (Å²) >= 11 is 0. The molecule has 0 aromatic heterocycles. The monoisotopic (exact) mass is 310 g/mol. The van der Waals surface area contributed by atoms with E-state index in [9.17, 15) is 14.9 Å². The van der Waals surface area contributed by atoms with Gasteiger partial charge < -0.3 is 10.6 Å². The number of nitrogens with zero attached hydrogens (tertiary/aromatic N) is 2. The molecule has 0 unspecified atom stereocenters. The molecule has 0 aromatic carbocycles. The summed E-state index contributed by atoms with van der Waals surface area (Å²) in [4.78, 5) is 25.9. The van der Waals surface area contributed by atoms with E-state index < -0.39 is 11.6 Å². The molecule has 0 radical (unpaired) electrons. The van der Waals surface area contributed by atoms with Crippen LogP contribution in [-0.2, 0) is 9.59 Å². The predicted octanol–water partition coefficient (Wildman–Crippen LogP) is 1.28. The summed E-state index contributed by atoms with van der Waals surface area (Å²) < 4.78 is 0. The Balaban J connectivity index is 4.70. The van der Waals surface area contributed by atoms with Crippen molar-refractivity contribution in [2.24, 2.45) is 5.92 Å². The Hall–Kier alpha value is -1.61. The van der Waals surface area contributed by atoms with Crippen LogP contribution in [0, 0.1) is 17.2 Å². The molecule has 6 nitrogen and oxygen atoms in total. The van der Waals surface area contributed by atoms with Crippen molar-refractivity contribution < 1.29 is 9.59 Å². The smallest absolute Gasteiger partial charge is 0.238 e. The number of nitriles is 1. The van der Waals surface area contributed by atoms with E-state index in [-0.39, 0.29) is 29.8 Å². The summed E-state index contributed by atoms with van der Waals surface area (Å²) in [5.41, 5.74) is -1.22. The first-order valence-corrected chi connectivity index (χ1v) is 7.57. The number of hydrogen-bond acceptors (Lipinski definition) is 4. The minimum absolute atomic E-state index is 0.0110. The number of likely N-dealkylation sites (N-methyl/N-ethyl adjacent to an activating group) is 1. The third-order valence-corrected chi connectivity index (χ3v) is 3.72. The summed E-state index contributed by atoms with van der Waals surface area (Å²) in [6, 6.07) is 1.64. The van der Waals surface area contributed by atoms with Gasteiger partial charge in [0.2, 0.25) is 11.8 Å². The van der Waals surface area contributed by atoms with Gasteiger partial charge in [-0.1, -0.05) is 13.8 Å². The molecule has 0 spiro atoms. The standard InChI is InChI=1S/C16H30N4O2/c1-11(2)16(7,10-17)19-14(22)12(3)20(8)9-13(21)18-15(4,5)6/h11-12H,9H2,1-8H3,(H,18,21)(H,19,22)/t12-,16-/m0/s1. The molecule has 2 N–H and O–H groups in total. The predicted molar refractivity (Wildman–Crippen MR) is 87.0 cm³/mol. The van der Waals surface area contributed by atoms with E-state index >= 15 is 0 Å². The maximum atomic E-state index is 12.3. The van der Waals surface area contributed by atoms with E-state index in [0.717, 1.165) is 0 Å². The van der Waals surface area contributed by atoms with Crippen LogP contribution in [0.4, 0.5) is 0 Å². The van der Waals surface area contributed by atoms with Crippen LogP contribution in [0.25, 0.3) is 0 Å². The number of carbonyl (C=O) groups is 2. The lowest BCUT2D eigenvalue weighted by Gasteiger charge is -2.31. The topological polar surface area (TPSA) is 85.2 Å². The van der Waals surface area contributed by atoms with Gasteiger partial charge in [-0.05, 0) is 47.6 Å². The van der Waals surface area contributed by atoms with E-state index in [4.69, 9.17) is 0 Å². The van der Waals surface area contributed by atoms with Gasteiger partial charge in [0.05, 0.1) is 18.7 Å². The van der Waals surface area contributed by atoms with Gasteiger partial charge in [0, 0.05) is 5.54 Å². The van der Waals surface area contributed by atoms with Gasteiger partial charge in [0.15, 0.2) is 0 Å². The summed E-state index contributed by atoms with van der Waals surface area (Å²) in [5, 5.41) is 14.9. The molecule has 0 saturated heterocycles. The van der Waals surface area contributed by atoms with Crippen LogP contribution in [0.2, 0.25) is 0 Å². The second-order valence-corrected chi connectivity index (χ2v) is 7.35. The molecule has 2 amide bonds. The number of amides is 2. The van der Waals surface area contributed by atoms with E-state index in [1.165, 1.54) is 0 Å². The fraction of sp³-hybridized carbons (Fsp3) is 0.812. The Kier molecular flexibility index (Phi) is 7.04. The largest absolute Gasteiger partial charge is 0.350 e. The zero-order valence-corrected chi connectivity index (χ0v) is 15.1. The molecule has 0 aliphatic rings. The molecule has 6 heteroatoms. The normalized spacial score (nSPS) is 15.9. The molecule has 22 heavy (non-hydrogen) atoms. The molecule has 0 fully saturated rings. The summed E-state index contributed by atoms with van der Waals surface area (Å²) in [6.07, 6.45) is 0. The van der Waals surface area contributed by atoms with E-state index in [2.05, 4.69) is 16.7 Å². The van der Waals surface area contributed by atoms with Crippen LogP contribution in [0.15, 0.2) is 0 Å². The van der Waals surface area contributed by atoms with Crippen molar-refractivity contribution in [2.45, 2.75) is 65.6 Å². The van der Waals surface area contributed by atoms with Crippen LogP contribution < -0.4 is 10.6 Å². The van der Waals surface area contributed by atoms with Gasteiger partial charge >= 0.3 is 0 Å². The second-order valence-electron chi connectivity index (χ2n) is 7.35. The Morgan fingerprint density at radius 1 is 1.14 bits per heavy atom. The first-order chi connectivity index (χ1) is 9.82. The first kappa shape index (κ1) is 20.4. The van der Waals surface area contributed by atoms with Crippen molar-refractivity contribution in [2.75, 3.05) is 13.6 Å². The Bertz CT molecular complexity index is 448. The zero-order valence-electron chi connectivity index (χ0n) is 15.1. The summed E-state index contributed by atoms with van der Waals surface area (Å²) in [6.45, 7) is 13.0. The van der Waals surface area contributed by atoms with Crippen LogP contribution in [0.3, 0.4) is 0 Å². The molecule has 0 aliphatic carbocycles. The van der Waals surface area contributed by atoms with E-state index in [1.807, 2.05) is 34.6 Å². The lowest BCUT2D eigenvalue weighted by atomic mass is 9.90. The first-order valence-electron chi connectivity index (χ1n) is 7.57. The SMILES string of the molecule is CC(C)[C@](C)(C#N)NC(=O)[C@H](C)N(C)CC(=O)NC(C)(C)C. The molecule has 0 aliphatic heterocycles. The number of carbonyl (C=O) groups excluding carboxylic acids is 2. The Morgan fingerprint density at radius 2 is 1.64 bits per heavy atom. The van der Waals surface area contributed by atoms with Crippen LogP contribution >= 0.6 is 0 Å². The van der Waals surface area contributed by atoms with Crippen LogP contribution in [0.1, 0.15) is 48.5 Å². The third-order valence-electron chi connectivity index (χ3n) is 3.72. The highest BCUT2D eigenvalue weighted by Crippen LogP contribution is 2.15. The van der Waals surface area contributed by atoms with Gasteiger partial charge in [0.1, 0.15) is 5.54 Å². The molecule has 0 saturated carbocycles. The van der Waals surface area contributed by atoms with Crippen LogP contribution in [0.5, 0.6) is 0 Å². The summed E-state index contributed by atoms with van der Waals surface area (Å²) in [7, 11) is 1.71. The highest BCUT2D eigenvalue weighted by molar-refractivity contribution is 5.84. The second kappa shape index (κ2) is 7.59. The minimum atomic E-state index is -0.917. The Morgan fingerprint density at radius 3 is 2.00 bits per heavy atom. The quantitative estimate of drug-likeness (QED) is 0.774. The molecule has 2 atom stereocenters. The molecule has 126 valence electrons. The van der Waals surface area contributed by atoms with Gasteiger partial charge in [-0.15, -0.1) is 0 Å². The number of rotatable bonds is 6. The van der Waals surface area contributed by atoms with Gasteiger partial charge in [0.25, 0.3) is 0 Å². The lowest BCUT2D eigenvalue weighted by Crippen LogP contribution is -2.56. The molecular formula is C16H30N4O2. The van der Waals surface area contributed by atoms with Crippen molar-refractivity contribution >= 4 is 11.8 Å². The molecule has 0 aromatic rings. The minimum Gasteiger partial charge on any atom is -0.350 e. The average Bonchev–Trinajstić information content (AvgIpc) is 2.34. The van der Waals surface area contributed by atoms with Gasteiger partial charge in [-0.2, -0.15) is 5.26 Å². The van der Waals surface area contributed by atoms with Crippen LogP contribution in [-0.4, -0.2) is 47.4 Å². The molecule has 0 bridgehead atoms. The maximum Gasteiger partial charge on any atom is 0.238 e. The van der Waals surface area contributed by atoms with Crippen molar-refractivity contribution in [3.05, 3.63) is 0 Å². The maximum absolute atomic E-state index is 12.3. The molecule has 0 heterocycles. The summed E-state index contributed by atoms with van der Waals surface area (Å²) in [5.74, 6) is -0.409. The average molecular weight is 310 g/mol. The third kappa shape index (κ3) is 6.44. The van der Waals surface area contributed by atoms with Crippen molar-refractivity contribution in [1.29, 1.82) is 5.26 Å². The Labute approximate surface area is 134 Å². The number of nitrogens with one attached hydrogen (secondary N) is 2. The van der Waals surface area contributed by atoms with Crippen molar-refractivity contribution in [1.82, 2.24) is 15.5 Å². The van der Waals surface area contributed by atoms with E-state index in [0.29, 0.717) is 0 Å². The van der Waals surface area contributed by atoms with Gasteiger partial charge in [-0.25, -0.2) is 0 Å². The van der Waals surface area contributed by atoms with Gasteiger partial charge in [-0.3, -0.25) is 14.5 Å². The highest BCUT2D eigenvalue weighted by Gasteiger charge is 2.32. The highest BCUT2D eigenvalue weighted by atomic mass is 16.2. The fourth-order valence-electron chi connectivity index (χ4n) is 1.68. The fourth-order valence-corrected chi connectivity index (χ4v) is 1.68. The van der Waals surface area contributed by atoms with Crippen molar-refractivity contribution in [3.8, 4) is 6.07 Å². The van der Waals surface area contributed by atoms with E-state index in [1.54, 1.807) is 25.8 Å². The molecule has 0 rings (SSSR count). The van der Waals surface area contributed by atoms with Crippen molar-refractivity contribution in [3.63, 3.8) is 0 Å². The molecular weight excluding hydrogens is 280 g/mol.